The van der Waals surface area contributed by atoms with E-state index in [9.17, 15) is 4.79 Å². The van der Waals surface area contributed by atoms with Crippen molar-refractivity contribution in [2.45, 2.75) is 36.9 Å². The quantitative estimate of drug-likeness (QED) is 0.682. The van der Waals surface area contributed by atoms with Crippen molar-refractivity contribution in [3.8, 4) is 5.75 Å². The van der Waals surface area contributed by atoms with Gasteiger partial charge >= 0.3 is 5.97 Å². The Balaban J connectivity index is 1.82. The lowest BCUT2D eigenvalue weighted by Gasteiger charge is -2.47. The molecular weight excluding hydrogens is 376 g/mol. The minimum Gasteiger partial charge on any atom is -0.493 e. The van der Waals surface area contributed by atoms with E-state index in [1.165, 1.54) is 7.11 Å². The molecule has 5 nitrogen and oxygen atoms in total. The molecule has 1 aliphatic carbocycles. The molecule has 4 rings (SSSR count). The molecule has 2 atom stereocenters. The van der Waals surface area contributed by atoms with Gasteiger partial charge in [-0.1, -0.05) is 22.0 Å². The maximum Gasteiger partial charge on any atom is 0.316 e. The van der Waals surface area contributed by atoms with Gasteiger partial charge in [0.15, 0.2) is 5.79 Å². The predicted octanol–water partition coefficient (Wildman–Crippen LogP) is 3.19. The van der Waals surface area contributed by atoms with E-state index in [1.807, 2.05) is 18.2 Å². The zero-order valence-corrected chi connectivity index (χ0v) is 15.3. The molecule has 1 saturated heterocycles. The number of rotatable bonds is 1. The Hall–Kier alpha value is -1.11. The van der Waals surface area contributed by atoms with Crippen LogP contribution in [0.2, 0.25) is 0 Å². The van der Waals surface area contributed by atoms with Crippen molar-refractivity contribution in [1.29, 1.82) is 0 Å². The zero-order valence-electron chi connectivity index (χ0n) is 13.7. The van der Waals surface area contributed by atoms with Crippen LogP contribution in [0.25, 0.3) is 0 Å². The summed E-state index contributed by atoms with van der Waals surface area (Å²) in [6, 6.07) is 5.89. The van der Waals surface area contributed by atoms with Crippen LogP contribution in [0, 0.1) is 5.92 Å². The average molecular weight is 397 g/mol. The number of carbonyl (C=O) groups excluding carboxylic acids is 1. The highest BCUT2D eigenvalue weighted by molar-refractivity contribution is 9.10. The lowest BCUT2D eigenvalue weighted by Crippen LogP contribution is -2.52. The highest BCUT2D eigenvalue weighted by atomic mass is 79.9. The molecule has 1 saturated carbocycles. The SMILES string of the molecule is COC(=O)[C@@]12CCC3(C[C@@H]1CCOc1cc(Br)ccc12)OCCO3. The van der Waals surface area contributed by atoms with Gasteiger partial charge in [-0.3, -0.25) is 4.79 Å². The molecule has 24 heavy (non-hydrogen) atoms. The van der Waals surface area contributed by atoms with Gasteiger partial charge in [-0.05, 0) is 30.9 Å². The van der Waals surface area contributed by atoms with Gasteiger partial charge in [-0.15, -0.1) is 0 Å². The Kier molecular flexibility index (Phi) is 4.09. The minimum absolute atomic E-state index is 0.0687. The summed E-state index contributed by atoms with van der Waals surface area (Å²) in [5.41, 5.74) is 0.231. The minimum atomic E-state index is -0.693. The zero-order chi connectivity index (χ0) is 16.8. The maximum absolute atomic E-state index is 13.0. The van der Waals surface area contributed by atoms with Crippen LogP contribution in [0.1, 0.15) is 31.2 Å². The molecule has 0 unspecified atom stereocenters. The molecule has 2 aliphatic heterocycles. The Labute approximate surface area is 149 Å². The van der Waals surface area contributed by atoms with Crippen molar-refractivity contribution in [1.82, 2.24) is 0 Å². The molecule has 6 heteroatoms. The highest BCUT2D eigenvalue weighted by Crippen LogP contribution is 2.55. The summed E-state index contributed by atoms with van der Waals surface area (Å²) in [5.74, 6) is 0.109. The van der Waals surface area contributed by atoms with Crippen LogP contribution in [-0.4, -0.2) is 38.7 Å². The van der Waals surface area contributed by atoms with Crippen LogP contribution < -0.4 is 4.74 Å². The van der Waals surface area contributed by atoms with Crippen molar-refractivity contribution in [3.63, 3.8) is 0 Å². The largest absolute Gasteiger partial charge is 0.493 e. The Bertz CT molecular complexity index is 655. The van der Waals surface area contributed by atoms with Crippen LogP contribution in [0.15, 0.2) is 22.7 Å². The number of halogens is 1. The van der Waals surface area contributed by atoms with E-state index in [-0.39, 0.29) is 11.9 Å². The maximum atomic E-state index is 13.0. The summed E-state index contributed by atoms with van der Waals surface area (Å²) < 4.78 is 24.0. The monoisotopic (exact) mass is 396 g/mol. The summed E-state index contributed by atoms with van der Waals surface area (Å²) in [7, 11) is 1.46. The summed E-state index contributed by atoms with van der Waals surface area (Å²) in [6.45, 7) is 1.82. The van der Waals surface area contributed by atoms with Crippen molar-refractivity contribution in [2.75, 3.05) is 26.9 Å². The van der Waals surface area contributed by atoms with E-state index >= 15 is 0 Å². The first-order valence-electron chi connectivity index (χ1n) is 8.39. The van der Waals surface area contributed by atoms with E-state index in [2.05, 4.69) is 15.9 Å². The van der Waals surface area contributed by atoms with Gasteiger partial charge in [0, 0.05) is 22.9 Å². The fraction of sp³-hybridized carbons (Fsp3) is 0.611. The molecule has 2 fully saturated rings. The van der Waals surface area contributed by atoms with Crippen LogP contribution in [0.4, 0.5) is 0 Å². The van der Waals surface area contributed by atoms with Crippen molar-refractivity contribution < 1.29 is 23.7 Å². The lowest BCUT2D eigenvalue weighted by atomic mass is 9.60. The van der Waals surface area contributed by atoms with Crippen LogP contribution in [-0.2, 0) is 24.4 Å². The second-order valence-electron chi connectivity index (χ2n) is 6.75. The lowest BCUT2D eigenvalue weighted by molar-refractivity contribution is -0.204. The molecule has 0 N–H and O–H groups in total. The fourth-order valence-corrected chi connectivity index (χ4v) is 4.90. The van der Waals surface area contributed by atoms with Crippen LogP contribution in [0.3, 0.4) is 0 Å². The van der Waals surface area contributed by atoms with Crippen molar-refractivity contribution in [2.24, 2.45) is 5.92 Å². The fourth-order valence-electron chi connectivity index (χ4n) is 4.56. The number of esters is 1. The molecule has 3 aliphatic rings. The molecule has 0 amide bonds. The second-order valence-corrected chi connectivity index (χ2v) is 7.66. The van der Waals surface area contributed by atoms with Crippen molar-refractivity contribution >= 4 is 21.9 Å². The molecule has 1 aromatic rings. The number of methoxy groups -OCH3 is 1. The molecule has 0 bridgehead atoms. The third-order valence-electron chi connectivity index (χ3n) is 5.67. The topological polar surface area (TPSA) is 54.0 Å². The molecule has 2 heterocycles. The van der Waals surface area contributed by atoms with Gasteiger partial charge in [0.05, 0.1) is 32.3 Å². The third kappa shape index (κ3) is 2.38. The number of ether oxygens (including phenoxy) is 4. The Morgan fingerprint density at radius 3 is 2.79 bits per heavy atom. The number of carbonyl (C=O) groups is 1. The van der Waals surface area contributed by atoms with Gasteiger partial charge in [-0.25, -0.2) is 0 Å². The normalized spacial score (nSPS) is 30.8. The van der Waals surface area contributed by atoms with Crippen molar-refractivity contribution in [3.05, 3.63) is 28.2 Å². The molecule has 0 aromatic heterocycles. The number of hydrogen-bond acceptors (Lipinski definition) is 5. The summed E-state index contributed by atoms with van der Waals surface area (Å²) in [4.78, 5) is 13.0. The molecule has 1 spiro atoms. The molecule has 1 aromatic carbocycles. The first kappa shape index (κ1) is 16.4. The van der Waals surface area contributed by atoms with Crippen LogP contribution >= 0.6 is 15.9 Å². The van der Waals surface area contributed by atoms with Gasteiger partial charge in [0.1, 0.15) is 5.75 Å². The first-order chi connectivity index (χ1) is 11.6. The summed E-state index contributed by atoms with van der Waals surface area (Å²) >= 11 is 3.49. The molecular formula is C18H21BrO5. The molecule has 130 valence electrons. The second kappa shape index (κ2) is 6.00. The average Bonchev–Trinajstić information content (AvgIpc) is 2.97. The van der Waals surface area contributed by atoms with Gasteiger partial charge in [0.2, 0.25) is 0 Å². The smallest absolute Gasteiger partial charge is 0.316 e. The first-order valence-corrected chi connectivity index (χ1v) is 9.18. The van der Waals surface area contributed by atoms with E-state index in [4.69, 9.17) is 18.9 Å². The Morgan fingerprint density at radius 2 is 2.04 bits per heavy atom. The van der Waals surface area contributed by atoms with Gasteiger partial charge in [-0.2, -0.15) is 0 Å². The number of fused-ring (bicyclic) bond motifs is 3. The number of hydrogen-bond donors (Lipinski definition) is 0. The molecule has 0 radical (unpaired) electrons. The predicted molar refractivity (Wildman–Crippen MR) is 89.9 cm³/mol. The van der Waals surface area contributed by atoms with E-state index < -0.39 is 11.2 Å². The number of benzene rings is 1. The van der Waals surface area contributed by atoms with Crippen LogP contribution in [0.5, 0.6) is 5.75 Å². The van der Waals surface area contributed by atoms with E-state index in [0.29, 0.717) is 39.1 Å². The van der Waals surface area contributed by atoms with E-state index in [1.54, 1.807) is 0 Å². The summed E-state index contributed by atoms with van der Waals surface area (Å²) in [6.07, 6.45) is 2.80. The van der Waals surface area contributed by atoms with Gasteiger partial charge in [0.25, 0.3) is 0 Å². The van der Waals surface area contributed by atoms with E-state index in [0.717, 1.165) is 22.2 Å². The highest BCUT2D eigenvalue weighted by Gasteiger charge is 2.58. The summed E-state index contributed by atoms with van der Waals surface area (Å²) in [5, 5.41) is 0. The third-order valence-corrected chi connectivity index (χ3v) is 6.16. The standard InChI is InChI=1S/C18H21BrO5/c1-21-16(20)18-6-5-17(23-8-9-24-17)11-12(18)4-7-22-15-10-13(19)2-3-14(15)18/h2-3,10,12H,4-9,11H2,1H3/t12-,18-/m0/s1. The Morgan fingerprint density at radius 1 is 1.25 bits per heavy atom. The van der Waals surface area contributed by atoms with Gasteiger partial charge < -0.3 is 18.9 Å².